The number of halogens is 1. The quantitative estimate of drug-likeness (QED) is 0.692. The van der Waals surface area contributed by atoms with E-state index in [0.29, 0.717) is 6.54 Å². The summed E-state index contributed by atoms with van der Waals surface area (Å²) < 4.78 is 0. The van der Waals surface area contributed by atoms with E-state index in [-0.39, 0.29) is 23.1 Å². The normalized spacial score (nSPS) is 11.6. The third kappa shape index (κ3) is 6.47. The van der Waals surface area contributed by atoms with Crippen molar-refractivity contribution in [2.45, 2.75) is 31.0 Å². The Balaban J connectivity index is 2.33. The van der Waals surface area contributed by atoms with Crippen molar-refractivity contribution in [3.05, 3.63) is 24.3 Å². The first kappa shape index (κ1) is 18.5. The topological polar surface area (TPSA) is 61.4 Å². The molecule has 1 aromatic rings. The Morgan fingerprint density at radius 1 is 1.23 bits per heavy atom. The van der Waals surface area contributed by atoms with Gasteiger partial charge in [-0.3, -0.25) is 9.59 Å². The highest BCUT2D eigenvalue weighted by Crippen LogP contribution is 2.15. The molecule has 1 rings (SSSR count). The highest BCUT2D eigenvalue weighted by Gasteiger charge is 2.13. The molecule has 0 radical (unpaired) electrons. The molecule has 2 amide bonds. The van der Waals surface area contributed by atoms with Crippen molar-refractivity contribution in [2.75, 3.05) is 30.9 Å². The van der Waals surface area contributed by atoms with Crippen molar-refractivity contribution in [1.82, 2.24) is 5.32 Å². The summed E-state index contributed by atoms with van der Waals surface area (Å²) >= 11 is 3.33. The lowest BCUT2D eigenvalue weighted by Crippen LogP contribution is -2.33. The van der Waals surface area contributed by atoms with E-state index in [1.165, 1.54) is 0 Å². The van der Waals surface area contributed by atoms with Crippen LogP contribution in [-0.4, -0.2) is 37.3 Å². The molecule has 1 aromatic carbocycles. The molecule has 0 aliphatic heterocycles. The van der Waals surface area contributed by atoms with Crippen LogP contribution in [0.4, 0.5) is 11.4 Å². The van der Waals surface area contributed by atoms with Gasteiger partial charge in [-0.25, -0.2) is 0 Å². The molecule has 5 nitrogen and oxygen atoms in total. The molecule has 22 heavy (non-hydrogen) atoms. The molecule has 0 fully saturated rings. The summed E-state index contributed by atoms with van der Waals surface area (Å²) in [4.78, 5) is 25.3. The van der Waals surface area contributed by atoms with E-state index in [2.05, 4.69) is 26.6 Å². The fourth-order valence-electron chi connectivity index (χ4n) is 1.86. The van der Waals surface area contributed by atoms with Crippen molar-refractivity contribution in [3.8, 4) is 0 Å². The standard InChI is InChI=1S/C16H24BrN3O2/c1-4-5-14(17)16(22)18-11-10-15(21)19-12-6-8-13(9-7-12)20(2)3/h6-9,14H,4-5,10-11H2,1-3H3,(H,18,22)(H,19,21)/t14-/m1/s1. The van der Waals surface area contributed by atoms with Crippen molar-refractivity contribution >= 4 is 39.1 Å². The molecule has 0 aliphatic carbocycles. The molecular formula is C16H24BrN3O2. The number of anilines is 2. The number of rotatable bonds is 8. The Morgan fingerprint density at radius 3 is 2.41 bits per heavy atom. The second-order valence-corrected chi connectivity index (χ2v) is 6.39. The summed E-state index contributed by atoms with van der Waals surface area (Å²) in [7, 11) is 3.93. The molecule has 0 unspecified atom stereocenters. The first-order valence-corrected chi connectivity index (χ1v) is 8.34. The van der Waals surface area contributed by atoms with E-state index >= 15 is 0 Å². The molecule has 122 valence electrons. The highest BCUT2D eigenvalue weighted by molar-refractivity contribution is 9.10. The maximum Gasteiger partial charge on any atom is 0.233 e. The monoisotopic (exact) mass is 369 g/mol. The minimum atomic E-state index is -0.181. The van der Waals surface area contributed by atoms with Crippen molar-refractivity contribution in [2.24, 2.45) is 0 Å². The van der Waals surface area contributed by atoms with Crippen LogP contribution >= 0.6 is 15.9 Å². The van der Waals surface area contributed by atoms with Gasteiger partial charge in [0, 0.05) is 38.4 Å². The van der Waals surface area contributed by atoms with Crippen molar-refractivity contribution in [3.63, 3.8) is 0 Å². The number of amides is 2. The maximum atomic E-state index is 11.8. The van der Waals surface area contributed by atoms with Crippen LogP contribution in [0.1, 0.15) is 26.2 Å². The van der Waals surface area contributed by atoms with Crippen LogP contribution in [0.2, 0.25) is 0 Å². The van der Waals surface area contributed by atoms with E-state index in [1.807, 2.05) is 50.2 Å². The number of benzene rings is 1. The van der Waals surface area contributed by atoms with Gasteiger partial charge in [0.25, 0.3) is 0 Å². The minimum Gasteiger partial charge on any atom is -0.378 e. The van der Waals surface area contributed by atoms with Gasteiger partial charge in [0.2, 0.25) is 11.8 Å². The second-order valence-electron chi connectivity index (χ2n) is 5.29. The number of nitrogens with one attached hydrogen (secondary N) is 2. The molecule has 1 atom stereocenters. The zero-order valence-corrected chi connectivity index (χ0v) is 14.9. The number of carbonyl (C=O) groups is 2. The van der Waals surface area contributed by atoms with E-state index in [4.69, 9.17) is 0 Å². The zero-order chi connectivity index (χ0) is 16.5. The molecule has 0 aromatic heterocycles. The first-order chi connectivity index (χ1) is 10.4. The smallest absolute Gasteiger partial charge is 0.233 e. The van der Waals surface area contributed by atoms with Crippen LogP contribution < -0.4 is 15.5 Å². The minimum absolute atomic E-state index is 0.0648. The summed E-state index contributed by atoms with van der Waals surface area (Å²) in [5.41, 5.74) is 1.83. The third-order valence-corrected chi connectivity index (χ3v) is 4.02. The first-order valence-electron chi connectivity index (χ1n) is 7.43. The van der Waals surface area contributed by atoms with Gasteiger partial charge in [0.15, 0.2) is 0 Å². The van der Waals surface area contributed by atoms with Gasteiger partial charge >= 0.3 is 0 Å². The molecule has 0 saturated heterocycles. The number of carbonyl (C=O) groups excluding carboxylic acids is 2. The average molecular weight is 370 g/mol. The van der Waals surface area contributed by atoms with Crippen LogP contribution in [-0.2, 0) is 9.59 Å². The van der Waals surface area contributed by atoms with Crippen LogP contribution in [0.15, 0.2) is 24.3 Å². The lowest BCUT2D eigenvalue weighted by molar-refractivity contribution is -0.120. The molecule has 0 aliphatic rings. The molecule has 6 heteroatoms. The van der Waals surface area contributed by atoms with Crippen LogP contribution in [0.3, 0.4) is 0 Å². The predicted molar refractivity (Wildman–Crippen MR) is 94.6 cm³/mol. The second kappa shape index (κ2) is 9.46. The maximum absolute atomic E-state index is 11.8. The van der Waals surface area contributed by atoms with Gasteiger partial charge in [-0.1, -0.05) is 29.3 Å². The zero-order valence-electron chi connectivity index (χ0n) is 13.4. The lowest BCUT2D eigenvalue weighted by atomic mass is 10.2. The Bertz CT molecular complexity index is 489. The number of hydrogen-bond acceptors (Lipinski definition) is 3. The molecular weight excluding hydrogens is 346 g/mol. The van der Waals surface area contributed by atoms with Gasteiger partial charge in [0.05, 0.1) is 4.83 Å². The summed E-state index contributed by atoms with van der Waals surface area (Å²) in [5.74, 6) is -0.176. The summed E-state index contributed by atoms with van der Waals surface area (Å²) in [6.45, 7) is 2.36. The fraction of sp³-hybridized carbons (Fsp3) is 0.500. The summed E-state index contributed by atoms with van der Waals surface area (Å²) in [6, 6.07) is 7.61. The Hall–Kier alpha value is -1.56. The third-order valence-electron chi connectivity index (χ3n) is 3.15. The van der Waals surface area contributed by atoms with E-state index in [1.54, 1.807) is 0 Å². The fourth-order valence-corrected chi connectivity index (χ4v) is 2.48. The summed E-state index contributed by atoms with van der Waals surface area (Å²) in [6.07, 6.45) is 1.98. The molecule has 2 N–H and O–H groups in total. The van der Waals surface area contributed by atoms with Gasteiger partial charge in [-0.15, -0.1) is 0 Å². The van der Waals surface area contributed by atoms with Crippen LogP contribution in [0.25, 0.3) is 0 Å². The van der Waals surface area contributed by atoms with Crippen molar-refractivity contribution in [1.29, 1.82) is 0 Å². The van der Waals surface area contributed by atoms with Gasteiger partial charge < -0.3 is 15.5 Å². The predicted octanol–water partition coefficient (Wildman–Crippen LogP) is 2.76. The molecule has 0 bridgehead atoms. The van der Waals surface area contributed by atoms with E-state index in [0.717, 1.165) is 24.2 Å². The molecule has 0 spiro atoms. The Labute approximate surface area is 140 Å². The Kier molecular flexibility index (Phi) is 7.95. The van der Waals surface area contributed by atoms with E-state index in [9.17, 15) is 9.59 Å². The van der Waals surface area contributed by atoms with Gasteiger partial charge in [-0.05, 0) is 30.7 Å². The molecule has 0 saturated carbocycles. The lowest BCUT2D eigenvalue weighted by Gasteiger charge is -2.13. The van der Waals surface area contributed by atoms with Gasteiger partial charge in [0.1, 0.15) is 0 Å². The summed E-state index contributed by atoms with van der Waals surface area (Å²) in [5, 5.41) is 5.57. The average Bonchev–Trinajstić information content (AvgIpc) is 2.47. The van der Waals surface area contributed by atoms with E-state index < -0.39 is 0 Å². The number of nitrogens with zero attached hydrogens (tertiary/aromatic N) is 1. The van der Waals surface area contributed by atoms with Gasteiger partial charge in [-0.2, -0.15) is 0 Å². The van der Waals surface area contributed by atoms with Crippen LogP contribution in [0, 0.1) is 0 Å². The Morgan fingerprint density at radius 2 is 1.86 bits per heavy atom. The van der Waals surface area contributed by atoms with Crippen molar-refractivity contribution < 1.29 is 9.59 Å². The number of hydrogen-bond donors (Lipinski definition) is 2. The SMILES string of the molecule is CCC[C@@H](Br)C(=O)NCCC(=O)Nc1ccc(N(C)C)cc1. The number of alkyl halides is 1. The molecule has 0 heterocycles. The largest absolute Gasteiger partial charge is 0.378 e. The highest BCUT2D eigenvalue weighted by atomic mass is 79.9. The van der Waals surface area contributed by atoms with Crippen LogP contribution in [0.5, 0.6) is 0 Å².